The molecule has 0 saturated heterocycles. The van der Waals surface area contributed by atoms with E-state index < -0.39 is 58.6 Å². The van der Waals surface area contributed by atoms with Crippen LogP contribution < -0.4 is 9.47 Å². The van der Waals surface area contributed by atoms with Crippen LogP contribution in [0.5, 0.6) is 34.5 Å². The molecule has 4 unspecified atom stereocenters. The number of rotatable bonds is 7. The average Bonchev–Trinajstić information content (AvgIpc) is 3.00. The first-order chi connectivity index (χ1) is 22.7. The number of phenolic OH excluding ortho intramolecular Hbond substituents is 4. The fourth-order valence-electron chi connectivity index (χ4n) is 7.17. The molecule has 250 valence electrons. The number of ketones is 2. The molecule has 6 N–H and O–H groups in total. The normalized spacial score (nSPS) is 17.6. The lowest BCUT2D eigenvalue weighted by Gasteiger charge is -2.39. The molecule has 0 aliphatic heterocycles. The molecule has 0 spiro atoms. The van der Waals surface area contributed by atoms with Crippen molar-refractivity contribution in [3.8, 4) is 34.5 Å². The average molecular weight is 696 g/mol. The molecule has 4 aromatic rings. The van der Waals surface area contributed by atoms with E-state index in [0.717, 1.165) is 0 Å². The van der Waals surface area contributed by atoms with Crippen LogP contribution in [0.3, 0.4) is 0 Å². The smallest absolute Gasteiger partial charge is 0.201 e. The Morgan fingerprint density at radius 3 is 1.25 bits per heavy atom. The highest BCUT2D eigenvalue weighted by Gasteiger charge is 2.47. The molecule has 0 heterocycles. The third-order valence-corrected chi connectivity index (χ3v) is 9.70. The highest BCUT2D eigenvalue weighted by Crippen LogP contribution is 2.59. The van der Waals surface area contributed by atoms with Gasteiger partial charge in [-0.15, -0.1) is 0 Å². The van der Waals surface area contributed by atoms with Gasteiger partial charge < -0.3 is 40.1 Å². The molecule has 0 amide bonds. The van der Waals surface area contributed by atoms with Gasteiger partial charge in [-0.25, -0.2) is 0 Å². The molecule has 2 aliphatic carbocycles. The van der Waals surface area contributed by atoms with Crippen molar-refractivity contribution in [2.24, 2.45) is 0 Å². The monoisotopic (exact) mass is 694 g/mol. The van der Waals surface area contributed by atoms with Gasteiger partial charge in [0.05, 0.1) is 48.7 Å². The second-order valence-electron chi connectivity index (χ2n) is 12.3. The molecule has 4 atom stereocenters. The lowest BCUT2D eigenvalue weighted by molar-refractivity contribution is 0.101. The maximum Gasteiger partial charge on any atom is 0.201 e. The van der Waals surface area contributed by atoms with Gasteiger partial charge in [0.2, 0.25) is 11.6 Å². The molecule has 12 heteroatoms. The summed E-state index contributed by atoms with van der Waals surface area (Å²) >= 11 is 12.9. The zero-order valence-corrected chi connectivity index (χ0v) is 27.8. The Morgan fingerprint density at radius 1 is 0.604 bits per heavy atom. The first-order valence-electron chi connectivity index (χ1n) is 15.1. The Hall–Kier alpha value is -4.48. The van der Waals surface area contributed by atoms with Crippen molar-refractivity contribution in [2.75, 3.05) is 14.2 Å². The molecule has 48 heavy (non-hydrogen) atoms. The molecule has 6 rings (SSSR count). The van der Waals surface area contributed by atoms with Gasteiger partial charge in [0, 0.05) is 11.8 Å². The third kappa shape index (κ3) is 5.11. The van der Waals surface area contributed by atoms with Crippen molar-refractivity contribution in [2.45, 2.75) is 50.7 Å². The number of methoxy groups -OCH3 is 2. The third-order valence-electron chi connectivity index (χ3n) is 8.97. The van der Waals surface area contributed by atoms with Crippen LogP contribution in [0.1, 0.15) is 90.9 Å². The summed E-state index contributed by atoms with van der Waals surface area (Å²) in [4.78, 5) is 28.3. The van der Waals surface area contributed by atoms with Crippen molar-refractivity contribution in [3.63, 3.8) is 0 Å². The van der Waals surface area contributed by atoms with Crippen LogP contribution in [0, 0.1) is 0 Å². The number of halogens is 2. The summed E-state index contributed by atoms with van der Waals surface area (Å²) in [5.41, 5.74) is 1.23. The number of hydrogen-bond acceptors (Lipinski definition) is 10. The Labute approximate surface area is 285 Å². The van der Waals surface area contributed by atoms with Gasteiger partial charge in [-0.3, -0.25) is 9.59 Å². The molecule has 10 nitrogen and oxygen atoms in total. The van der Waals surface area contributed by atoms with E-state index in [1.54, 1.807) is 26.0 Å². The zero-order valence-electron chi connectivity index (χ0n) is 26.3. The van der Waals surface area contributed by atoms with Crippen molar-refractivity contribution >= 4 is 34.8 Å². The SMILES string of the molecule is COc1cc2c(c(O)c1Cl)C(=O)c1c(O)cc(CC(C)O)cc1C2C1c2cc(CC(C)O)cc(O)c2C(=O)c2c1cc(OC)c(Cl)c2O. The fraction of sp³-hybridized carbons (Fsp3) is 0.278. The van der Waals surface area contributed by atoms with Crippen LogP contribution >= 0.6 is 23.2 Å². The van der Waals surface area contributed by atoms with Crippen molar-refractivity contribution in [3.05, 3.63) is 102 Å². The molecule has 4 aromatic carbocycles. The number of benzene rings is 4. The molecular weight excluding hydrogens is 663 g/mol. The van der Waals surface area contributed by atoms with E-state index in [4.69, 9.17) is 32.7 Å². The van der Waals surface area contributed by atoms with E-state index in [1.807, 2.05) is 0 Å². The Morgan fingerprint density at radius 2 is 0.938 bits per heavy atom. The van der Waals surface area contributed by atoms with E-state index in [-0.39, 0.29) is 78.9 Å². The van der Waals surface area contributed by atoms with Crippen molar-refractivity contribution in [1.29, 1.82) is 0 Å². The summed E-state index contributed by atoms with van der Waals surface area (Å²) in [6.45, 7) is 3.15. The van der Waals surface area contributed by atoms with Gasteiger partial charge in [0.1, 0.15) is 44.5 Å². The van der Waals surface area contributed by atoms with E-state index in [0.29, 0.717) is 11.1 Å². The summed E-state index contributed by atoms with van der Waals surface area (Å²) in [5, 5.41) is 65.5. The Bertz CT molecular complexity index is 1890. The number of aliphatic hydroxyl groups excluding tert-OH is 2. The minimum absolute atomic E-state index is 0.0353. The Balaban J connectivity index is 1.81. The predicted molar refractivity (Wildman–Crippen MR) is 177 cm³/mol. The summed E-state index contributed by atoms with van der Waals surface area (Å²) in [7, 11) is 2.67. The quantitative estimate of drug-likeness (QED) is 0.140. The standard InChI is InChI=1S/C36H32Cl2O10/c1-13(39)5-15-7-17-25(19-11-23(47-3)31(37)35(45)29(19)33(43)27(17)21(41)9-15)26-18-8-16(6-14(2)40)10-22(42)28(18)34(44)30-20(26)12-24(48-4)32(38)36(30)46/h7-14,25-26,39-42,45-46H,5-6H2,1-4H3. The van der Waals surface area contributed by atoms with Crippen LogP contribution in [0.2, 0.25) is 10.0 Å². The molecule has 0 radical (unpaired) electrons. The molecule has 0 aromatic heterocycles. The zero-order chi connectivity index (χ0) is 34.9. The number of phenols is 4. The van der Waals surface area contributed by atoms with Crippen LogP contribution in [0.15, 0.2) is 36.4 Å². The van der Waals surface area contributed by atoms with Crippen molar-refractivity contribution in [1.82, 2.24) is 0 Å². The minimum Gasteiger partial charge on any atom is -0.507 e. The highest BCUT2D eigenvalue weighted by atomic mass is 35.5. The van der Waals surface area contributed by atoms with Gasteiger partial charge in [-0.1, -0.05) is 35.3 Å². The lowest BCUT2D eigenvalue weighted by atomic mass is 9.63. The van der Waals surface area contributed by atoms with E-state index in [9.17, 15) is 40.2 Å². The van der Waals surface area contributed by atoms with Gasteiger partial charge in [-0.05, 0) is 84.3 Å². The molecule has 0 fully saturated rings. The summed E-state index contributed by atoms with van der Waals surface area (Å²) in [6, 6.07) is 9.02. The number of hydrogen-bond donors (Lipinski definition) is 6. The number of aliphatic hydroxyl groups is 2. The van der Waals surface area contributed by atoms with Gasteiger partial charge in [0.15, 0.2) is 0 Å². The molecular formula is C36H32Cl2O10. The van der Waals surface area contributed by atoms with Crippen LogP contribution in [0.4, 0.5) is 0 Å². The number of carbonyl (C=O) groups is 2. The Kier molecular flexibility index (Phi) is 8.49. The van der Waals surface area contributed by atoms with Crippen LogP contribution in [0.25, 0.3) is 0 Å². The second-order valence-corrected chi connectivity index (χ2v) is 13.0. The first kappa shape index (κ1) is 33.4. The summed E-state index contributed by atoms with van der Waals surface area (Å²) in [5.74, 6) is -5.44. The maximum atomic E-state index is 14.2. The molecule has 2 aliphatic rings. The van der Waals surface area contributed by atoms with E-state index in [2.05, 4.69) is 0 Å². The second kappa shape index (κ2) is 12.2. The van der Waals surface area contributed by atoms with E-state index in [1.165, 1.54) is 38.5 Å². The largest absolute Gasteiger partial charge is 0.507 e. The number of fused-ring (bicyclic) bond motifs is 4. The van der Waals surface area contributed by atoms with Gasteiger partial charge >= 0.3 is 0 Å². The first-order valence-corrected chi connectivity index (χ1v) is 15.8. The predicted octanol–water partition coefficient (Wildman–Crippen LogP) is 5.73. The van der Waals surface area contributed by atoms with Crippen molar-refractivity contribution < 1.29 is 49.7 Å². The highest BCUT2D eigenvalue weighted by molar-refractivity contribution is 6.35. The van der Waals surface area contributed by atoms with Crippen LogP contribution in [-0.4, -0.2) is 68.6 Å². The van der Waals surface area contributed by atoms with E-state index >= 15 is 0 Å². The summed E-state index contributed by atoms with van der Waals surface area (Å²) < 4.78 is 11.0. The van der Waals surface area contributed by atoms with Gasteiger partial charge in [-0.2, -0.15) is 0 Å². The minimum atomic E-state index is -1.03. The molecule has 0 saturated carbocycles. The maximum absolute atomic E-state index is 14.2. The lowest BCUT2D eigenvalue weighted by Crippen LogP contribution is -2.30. The fourth-order valence-corrected chi connectivity index (χ4v) is 7.62. The number of ether oxygens (including phenoxy) is 2. The van der Waals surface area contributed by atoms with Crippen LogP contribution in [-0.2, 0) is 12.8 Å². The topological polar surface area (TPSA) is 174 Å². The molecule has 0 bridgehead atoms. The summed E-state index contributed by atoms with van der Waals surface area (Å²) in [6.07, 6.45) is -1.40. The number of aromatic hydroxyl groups is 4. The van der Waals surface area contributed by atoms with Gasteiger partial charge in [0.25, 0.3) is 0 Å². The number of carbonyl (C=O) groups excluding carboxylic acids is 2.